The first kappa shape index (κ1) is 12.8. The highest BCUT2D eigenvalue weighted by Gasteiger charge is 2.14. The second-order valence-electron chi connectivity index (χ2n) is 4.36. The largest absolute Gasteiger partial charge is 0.334 e. The lowest BCUT2D eigenvalue weighted by Gasteiger charge is -2.01. The molecule has 0 unspecified atom stereocenters. The number of amides is 1. The van der Waals surface area contributed by atoms with Crippen LogP contribution in [0.25, 0.3) is 11.0 Å². The van der Waals surface area contributed by atoms with Gasteiger partial charge in [-0.3, -0.25) is 14.9 Å². The molecule has 1 aromatic heterocycles. The van der Waals surface area contributed by atoms with Crippen LogP contribution in [0.3, 0.4) is 0 Å². The van der Waals surface area contributed by atoms with Crippen LogP contribution in [0.2, 0.25) is 0 Å². The lowest BCUT2D eigenvalue weighted by atomic mass is 10.3. The highest BCUT2D eigenvalue weighted by molar-refractivity contribution is 6.03. The normalized spacial score (nSPS) is 10.5. The van der Waals surface area contributed by atoms with E-state index in [1.54, 1.807) is 24.3 Å². The van der Waals surface area contributed by atoms with Crippen molar-refractivity contribution in [1.82, 2.24) is 9.97 Å². The number of non-ortho nitro benzene ring substituents is 1. The number of carbonyl (C=O) groups is 1. The Hall–Kier alpha value is -3.22. The van der Waals surface area contributed by atoms with Crippen molar-refractivity contribution in [1.29, 1.82) is 0 Å². The van der Waals surface area contributed by atoms with Crippen LogP contribution in [-0.2, 0) is 0 Å². The molecule has 0 saturated heterocycles. The topological polar surface area (TPSA) is 101 Å². The molecular formula is C14H10N4O3. The van der Waals surface area contributed by atoms with E-state index in [1.807, 2.05) is 6.07 Å². The second-order valence-corrected chi connectivity index (χ2v) is 4.36. The summed E-state index contributed by atoms with van der Waals surface area (Å²) < 4.78 is 0. The van der Waals surface area contributed by atoms with Crippen molar-refractivity contribution in [3.8, 4) is 0 Å². The number of nitro groups is 1. The summed E-state index contributed by atoms with van der Waals surface area (Å²) in [6.07, 6.45) is 0. The zero-order valence-corrected chi connectivity index (χ0v) is 10.7. The van der Waals surface area contributed by atoms with Crippen molar-refractivity contribution < 1.29 is 9.72 Å². The lowest BCUT2D eigenvalue weighted by molar-refractivity contribution is -0.384. The zero-order valence-electron chi connectivity index (χ0n) is 10.7. The molecule has 0 aliphatic heterocycles. The van der Waals surface area contributed by atoms with Crippen LogP contribution in [-0.4, -0.2) is 20.8 Å². The molecule has 2 aromatic carbocycles. The summed E-state index contributed by atoms with van der Waals surface area (Å²) in [6, 6.07) is 13.2. The molecule has 0 spiro atoms. The number of nitrogens with one attached hydrogen (secondary N) is 2. The van der Waals surface area contributed by atoms with Crippen LogP contribution in [0.5, 0.6) is 0 Å². The van der Waals surface area contributed by atoms with Crippen molar-refractivity contribution in [2.45, 2.75) is 0 Å². The van der Waals surface area contributed by atoms with E-state index < -0.39 is 10.8 Å². The van der Waals surface area contributed by atoms with Crippen LogP contribution in [0.15, 0.2) is 48.5 Å². The fourth-order valence-corrected chi connectivity index (χ4v) is 1.93. The summed E-state index contributed by atoms with van der Waals surface area (Å²) in [7, 11) is 0. The number of para-hydroxylation sites is 1. The van der Waals surface area contributed by atoms with E-state index in [0.717, 1.165) is 0 Å². The van der Waals surface area contributed by atoms with Crippen molar-refractivity contribution in [2.75, 3.05) is 5.32 Å². The van der Waals surface area contributed by atoms with E-state index in [2.05, 4.69) is 15.3 Å². The van der Waals surface area contributed by atoms with Gasteiger partial charge in [-0.1, -0.05) is 18.2 Å². The van der Waals surface area contributed by atoms with Gasteiger partial charge in [0.25, 0.3) is 11.6 Å². The molecule has 21 heavy (non-hydrogen) atoms. The van der Waals surface area contributed by atoms with Crippen LogP contribution < -0.4 is 5.32 Å². The Morgan fingerprint density at radius 1 is 1.19 bits per heavy atom. The predicted molar refractivity (Wildman–Crippen MR) is 77.1 cm³/mol. The first-order valence-corrected chi connectivity index (χ1v) is 6.14. The molecule has 0 saturated carbocycles. The molecule has 1 heterocycles. The number of H-pyrrole nitrogens is 1. The number of carbonyl (C=O) groups excluding carboxylic acids is 1. The van der Waals surface area contributed by atoms with Crippen LogP contribution in [0, 0.1) is 10.1 Å². The summed E-state index contributed by atoms with van der Waals surface area (Å²) >= 11 is 0. The molecule has 0 aliphatic rings. The maximum absolute atomic E-state index is 12.1. The number of hydrogen-bond acceptors (Lipinski definition) is 4. The molecule has 2 N–H and O–H groups in total. The highest BCUT2D eigenvalue weighted by Crippen LogP contribution is 2.19. The van der Waals surface area contributed by atoms with Crippen molar-refractivity contribution >= 4 is 28.3 Å². The quantitative estimate of drug-likeness (QED) is 0.569. The van der Waals surface area contributed by atoms with Crippen molar-refractivity contribution in [3.05, 3.63) is 64.5 Å². The molecule has 7 heteroatoms. The van der Waals surface area contributed by atoms with Gasteiger partial charge in [-0.25, -0.2) is 4.98 Å². The Balaban J connectivity index is 1.90. The number of hydrogen-bond donors (Lipinski definition) is 2. The van der Waals surface area contributed by atoms with Gasteiger partial charge in [0.2, 0.25) is 0 Å². The molecule has 0 radical (unpaired) electrons. The fourth-order valence-electron chi connectivity index (χ4n) is 1.93. The predicted octanol–water partition coefficient (Wildman–Crippen LogP) is 2.72. The lowest BCUT2D eigenvalue weighted by Crippen LogP contribution is -2.13. The van der Waals surface area contributed by atoms with Crippen molar-refractivity contribution in [2.24, 2.45) is 0 Å². The number of rotatable bonds is 3. The van der Waals surface area contributed by atoms with E-state index >= 15 is 0 Å². The maximum Gasteiger partial charge on any atom is 0.291 e. The minimum atomic E-state index is -0.502. The fraction of sp³-hybridized carbons (Fsp3) is 0. The molecule has 0 aliphatic carbocycles. The first-order chi connectivity index (χ1) is 10.1. The van der Waals surface area contributed by atoms with E-state index in [1.165, 1.54) is 18.2 Å². The third kappa shape index (κ3) is 2.57. The first-order valence-electron chi connectivity index (χ1n) is 6.14. The number of anilines is 1. The second kappa shape index (κ2) is 5.04. The number of fused-ring (bicyclic) bond motifs is 1. The average molecular weight is 282 g/mol. The number of nitro benzene ring substituents is 1. The smallest absolute Gasteiger partial charge is 0.291 e. The van der Waals surface area contributed by atoms with E-state index in [-0.39, 0.29) is 11.5 Å². The Morgan fingerprint density at radius 2 is 1.95 bits per heavy atom. The van der Waals surface area contributed by atoms with E-state index in [4.69, 9.17) is 0 Å². The number of nitrogens with zero attached hydrogens (tertiary/aromatic N) is 2. The zero-order chi connectivity index (χ0) is 14.8. The van der Waals surface area contributed by atoms with Crippen LogP contribution >= 0.6 is 0 Å². The summed E-state index contributed by atoms with van der Waals surface area (Å²) in [6.45, 7) is 0. The number of aromatic amines is 1. The standard InChI is InChI=1S/C14H10N4O3/c19-14(15-9-4-2-1-3-5-9)13-16-11-7-6-10(18(20)21)8-12(11)17-13/h1-8H,(H,15,19)(H,16,17). The number of imidazole rings is 1. The molecule has 3 aromatic rings. The van der Waals surface area contributed by atoms with Gasteiger partial charge in [-0.15, -0.1) is 0 Å². The third-order valence-corrected chi connectivity index (χ3v) is 2.92. The average Bonchev–Trinajstić information content (AvgIpc) is 2.91. The summed E-state index contributed by atoms with van der Waals surface area (Å²) in [4.78, 5) is 29.2. The molecule has 7 nitrogen and oxygen atoms in total. The summed E-state index contributed by atoms with van der Waals surface area (Å²) in [5.74, 6) is -0.297. The van der Waals surface area contributed by atoms with Gasteiger partial charge in [0.15, 0.2) is 5.82 Å². The molecule has 0 fully saturated rings. The van der Waals surface area contributed by atoms with Crippen LogP contribution in [0.4, 0.5) is 11.4 Å². The minimum Gasteiger partial charge on any atom is -0.334 e. The van der Waals surface area contributed by atoms with Gasteiger partial charge in [-0.2, -0.15) is 0 Å². The van der Waals surface area contributed by atoms with Gasteiger partial charge in [0.1, 0.15) is 0 Å². The SMILES string of the molecule is O=C(Nc1ccccc1)c1nc2cc([N+](=O)[O-])ccc2[nH]1. The molecule has 104 valence electrons. The third-order valence-electron chi connectivity index (χ3n) is 2.92. The summed E-state index contributed by atoms with van der Waals surface area (Å²) in [5, 5.41) is 13.4. The molecule has 1 amide bonds. The van der Waals surface area contributed by atoms with Gasteiger partial charge in [0.05, 0.1) is 16.0 Å². The number of aromatic nitrogens is 2. The highest BCUT2D eigenvalue weighted by atomic mass is 16.6. The molecular weight excluding hydrogens is 272 g/mol. The number of benzene rings is 2. The van der Waals surface area contributed by atoms with Gasteiger partial charge in [-0.05, 0) is 18.2 Å². The molecule has 3 rings (SSSR count). The monoisotopic (exact) mass is 282 g/mol. The Bertz CT molecular complexity index is 827. The minimum absolute atomic E-state index is 0.0657. The van der Waals surface area contributed by atoms with Gasteiger partial charge < -0.3 is 10.3 Å². The van der Waals surface area contributed by atoms with Crippen LogP contribution in [0.1, 0.15) is 10.6 Å². The van der Waals surface area contributed by atoms with E-state index in [0.29, 0.717) is 16.7 Å². The van der Waals surface area contributed by atoms with E-state index in [9.17, 15) is 14.9 Å². The van der Waals surface area contributed by atoms with Gasteiger partial charge >= 0.3 is 0 Å². The Morgan fingerprint density at radius 3 is 2.67 bits per heavy atom. The van der Waals surface area contributed by atoms with Gasteiger partial charge in [0, 0.05) is 17.8 Å². The Kier molecular flexibility index (Phi) is 3.07. The molecule has 0 bridgehead atoms. The Labute approximate surface area is 118 Å². The molecule has 0 atom stereocenters. The van der Waals surface area contributed by atoms with Crippen molar-refractivity contribution in [3.63, 3.8) is 0 Å². The summed E-state index contributed by atoms with van der Waals surface area (Å²) in [5.41, 5.74) is 1.53. The maximum atomic E-state index is 12.1.